The van der Waals surface area contributed by atoms with Crippen molar-refractivity contribution in [3.8, 4) is 5.75 Å². The zero-order valence-electron chi connectivity index (χ0n) is 13.6. The van der Waals surface area contributed by atoms with E-state index < -0.39 is 9.84 Å². The highest BCUT2D eigenvalue weighted by molar-refractivity contribution is 7.91. The van der Waals surface area contributed by atoms with Crippen LogP contribution in [0.5, 0.6) is 5.75 Å². The summed E-state index contributed by atoms with van der Waals surface area (Å²) in [5.41, 5.74) is 9.17. The highest BCUT2D eigenvalue weighted by atomic mass is 32.2. The molecule has 0 fully saturated rings. The molecule has 0 aliphatic heterocycles. The summed E-state index contributed by atoms with van der Waals surface area (Å²) in [6.45, 7) is 5.92. The Kier molecular flexibility index (Phi) is 8.70. The van der Waals surface area contributed by atoms with Crippen molar-refractivity contribution in [2.45, 2.75) is 6.92 Å². The van der Waals surface area contributed by atoms with E-state index in [1.807, 2.05) is 19.1 Å². The lowest BCUT2D eigenvalue weighted by Crippen LogP contribution is -2.20. The molecule has 1 aromatic carbocycles. The van der Waals surface area contributed by atoms with E-state index in [1.165, 1.54) is 0 Å². The van der Waals surface area contributed by atoms with Crippen molar-refractivity contribution in [3.05, 3.63) is 52.8 Å². The van der Waals surface area contributed by atoms with E-state index in [4.69, 9.17) is 19.7 Å². The molecule has 0 radical (unpaired) electrons. The molecule has 0 aliphatic rings. The predicted molar refractivity (Wildman–Crippen MR) is 90.4 cm³/mol. The van der Waals surface area contributed by atoms with Crippen LogP contribution in [0.2, 0.25) is 0 Å². The van der Waals surface area contributed by atoms with Gasteiger partial charge in [-0.2, -0.15) is 0 Å². The minimum absolute atomic E-state index is 0.0414. The van der Waals surface area contributed by atoms with Gasteiger partial charge >= 0.3 is 0 Å². The number of ether oxygens (including phenoxy) is 3. The molecule has 0 unspecified atom stereocenters. The van der Waals surface area contributed by atoms with Crippen LogP contribution in [0.4, 0.5) is 0 Å². The molecule has 24 heavy (non-hydrogen) atoms. The third-order valence-corrected chi connectivity index (χ3v) is 4.42. The van der Waals surface area contributed by atoms with Crippen molar-refractivity contribution in [1.29, 1.82) is 0 Å². The van der Waals surface area contributed by atoms with Gasteiger partial charge in [0.15, 0.2) is 9.84 Å². The molecule has 1 rings (SSSR count). The lowest BCUT2D eigenvalue weighted by molar-refractivity contribution is 0.119. The van der Waals surface area contributed by atoms with Crippen LogP contribution in [-0.4, -0.2) is 46.3 Å². The maximum absolute atomic E-state index is 11.8. The van der Waals surface area contributed by atoms with Crippen LogP contribution in [0.15, 0.2) is 41.9 Å². The fourth-order valence-electron chi connectivity index (χ4n) is 1.59. The van der Waals surface area contributed by atoms with E-state index in [1.54, 1.807) is 12.1 Å². The third kappa shape index (κ3) is 9.04. The predicted octanol–water partition coefficient (Wildman–Crippen LogP) is 2.60. The average Bonchev–Trinajstić information content (AvgIpc) is 2.53. The van der Waals surface area contributed by atoms with Crippen LogP contribution < -0.4 is 4.74 Å². The summed E-state index contributed by atoms with van der Waals surface area (Å²) in [5, 5.41) is 3.28. The fraction of sp³-hybridized carbons (Fsp3) is 0.467. The van der Waals surface area contributed by atoms with Crippen molar-refractivity contribution in [3.63, 3.8) is 0 Å². The number of rotatable bonds is 12. The number of hydrogen-bond acceptors (Lipinski definition) is 6. The van der Waals surface area contributed by atoms with Gasteiger partial charge in [-0.25, -0.2) is 8.42 Å². The van der Waals surface area contributed by atoms with Crippen LogP contribution in [0.25, 0.3) is 10.4 Å². The van der Waals surface area contributed by atoms with Gasteiger partial charge in [-0.15, -0.1) is 0 Å². The van der Waals surface area contributed by atoms with Gasteiger partial charge in [0.05, 0.1) is 24.7 Å². The first-order chi connectivity index (χ1) is 11.4. The maximum atomic E-state index is 11.8. The molecule has 8 nitrogen and oxygen atoms in total. The monoisotopic (exact) mass is 355 g/mol. The summed E-state index contributed by atoms with van der Waals surface area (Å²) in [6, 6.07) is 7.31. The molecule has 0 heterocycles. The van der Waals surface area contributed by atoms with Crippen molar-refractivity contribution in [2.75, 3.05) is 37.9 Å². The van der Waals surface area contributed by atoms with E-state index in [-0.39, 0.29) is 43.8 Å². The number of sulfone groups is 1. The normalized spacial score (nSPS) is 10.7. The average molecular weight is 355 g/mol. The largest absolute Gasteiger partial charge is 0.465 e. The van der Waals surface area contributed by atoms with Gasteiger partial charge in [-0.3, -0.25) is 0 Å². The number of azide groups is 1. The van der Waals surface area contributed by atoms with E-state index >= 15 is 0 Å². The molecular weight excluding hydrogens is 334 g/mol. The zero-order chi connectivity index (χ0) is 17.8. The SMILES string of the molecule is C=C(OCCS(=O)(=O)CCOCCN=[N+]=[N-])Oc1ccc(C)cc1. The first-order valence-corrected chi connectivity index (χ1v) is 9.10. The van der Waals surface area contributed by atoms with E-state index in [0.29, 0.717) is 5.75 Å². The van der Waals surface area contributed by atoms with Crippen molar-refractivity contribution in [1.82, 2.24) is 0 Å². The molecule has 0 saturated heterocycles. The maximum Gasteiger partial charge on any atom is 0.277 e. The Bertz CT molecular complexity index is 667. The van der Waals surface area contributed by atoms with Gasteiger partial charge in [0, 0.05) is 11.5 Å². The summed E-state index contributed by atoms with van der Waals surface area (Å²) in [4.78, 5) is 2.56. The summed E-state index contributed by atoms with van der Waals surface area (Å²) in [7, 11) is -3.30. The van der Waals surface area contributed by atoms with Crippen LogP contribution in [0, 0.1) is 6.92 Å². The van der Waals surface area contributed by atoms with Gasteiger partial charge in [-0.1, -0.05) is 22.8 Å². The minimum Gasteiger partial charge on any atom is -0.465 e. The Balaban J connectivity index is 2.21. The molecular formula is C15H21N3O5S. The Labute approximate surface area is 141 Å². The number of benzene rings is 1. The molecule has 132 valence electrons. The molecule has 0 amide bonds. The molecule has 0 atom stereocenters. The first kappa shape index (κ1) is 19.8. The van der Waals surface area contributed by atoms with Gasteiger partial charge in [0.25, 0.3) is 5.95 Å². The van der Waals surface area contributed by atoms with E-state index in [9.17, 15) is 8.42 Å². The second-order valence-electron chi connectivity index (χ2n) is 4.85. The Morgan fingerprint density at radius 2 is 1.88 bits per heavy atom. The van der Waals surface area contributed by atoms with Crippen molar-refractivity contribution >= 4 is 9.84 Å². The van der Waals surface area contributed by atoms with E-state index in [0.717, 1.165) is 5.56 Å². The van der Waals surface area contributed by atoms with Crippen molar-refractivity contribution < 1.29 is 22.6 Å². The molecule has 0 aromatic heterocycles. The molecule has 9 heteroatoms. The summed E-state index contributed by atoms with van der Waals surface area (Å²) < 4.78 is 39.2. The number of aryl methyl sites for hydroxylation is 1. The van der Waals surface area contributed by atoms with Crippen LogP contribution in [0.3, 0.4) is 0 Å². The second kappa shape index (κ2) is 10.5. The lowest BCUT2D eigenvalue weighted by Gasteiger charge is -2.11. The van der Waals surface area contributed by atoms with Crippen molar-refractivity contribution in [2.24, 2.45) is 5.11 Å². The molecule has 0 bridgehead atoms. The molecule has 0 aliphatic carbocycles. The van der Waals surface area contributed by atoms with Gasteiger partial charge in [-0.05, 0) is 31.2 Å². The fourth-order valence-corrected chi connectivity index (χ4v) is 2.50. The first-order valence-electron chi connectivity index (χ1n) is 7.28. The standard InChI is InChI=1S/C15H21N3O5S/c1-13-3-5-15(6-4-13)23-14(2)22-10-12-24(19,20)11-9-21-8-7-17-18-16/h3-6H,2,7-12H2,1H3. The van der Waals surface area contributed by atoms with Crippen LogP contribution in [0.1, 0.15) is 5.56 Å². The highest BCUT2D eigenvalue weighted by Crippen LogP contribution is 2.14. The minimum atomic E-state index is -3.30. The lowest BCUT2D eigenvalue weighted by atomic mass is 10.2. The molecule has 0 spiro atoms. The summed E-state index contributed by atoms with van der Waals surface area (Å²) >= 11 is 0. The van der Waals surface area contributed by atoms with Crippen LogP contribution >= 0.6 is 0 Å². The summed E-state index contributed by atoms with van der Waals surface area (Å²) in [6.07, 6.45) is 0. The Morgan fingerprint density at radius 3 is 2.54 bits per heavy atom. The van der Waals surface area contributed by atoms with E-state index in [2.05, 4.69) is 16.6 Å². The molecule has 0 saturated carbocycles. The third-order valence-electron chi connectivity index (χ3n) is 2.85. The topological polar surface area (TPSA) is 111 Å². The molecule has 0 N–H and O–H groups in total. The molecule has 1 aromatic rings. The highest BCUT2D eigenvalue weighted by Gasteiger charge is 2.11. The zero-order valence-corrected chi connectivity index (χ0v) is 14.4. The Morgan fingerprint density at radius 1 is 1.21 bits per heavy atom. The van der Waals surface area contributed by atoms with Gasteiger partial charge in [0.2, 0.25) is 0 Å². The number of nitrogens with zero attached hydrogens (tertiary/aromatic N) is 3. The van der Waals surface area contributed by atoms with Gasteiger partial charge < -0.3 is 14.2 Å². The quantitative estimate of drug-likeness (QED) is 0.188. The smallest absolute Gasteiger partial charge is 0.277 e. The second-order valence-corrected chi connectivity index (χ2v) is 7.16. The Hall–Kier alpha value is -2.22. The summed E-state index contributed by atoms with van der Waals surface area (Å²) in [5.74, 6) is 0.322. The van der Waals surface area contributed by atoms with Gasteiger partial charge in [0.1, 0.15) is 12.4 Å². The number of hydrogen-bond donors (Lipinski definition) is 0. The van der Waals surface area contributed by atoms with Crippen LogP contribution in [-0.2, 0) is 19.3 Å².